The summed E-state index contributed by atoms with van der Waals surface area (Å²) in [5.74, 6) is -5.79. The number of methoxy groups -OCH3 is 1. The predicted molar refractivity (Wildman–Crippen MR) is 156 cm³/mol. The highest BCUT2D eigenvalue weighted by atomic mass is 19.4. The van der Waals surface area contributed by atoms with E-state index in [0.29, 0.717) is 23.8 Å². The van der Waals surface area contributed by atoms with Crippen molar-refractivity contribution < 1.29 is 58.2 Å². The summed E-state index contributed by atoms with van der Waals surface area (Å²) >= 11 is 0. The Kier molecular flexibility index (Phi) is 11.0. The summed E-state index contributed by atoms with van der Waals surface area (Å²) in [5.41, 5.74) is -2.95. The van der Waals surface area contributed by atoms with Crippen molar-refractivity contribution in [3.8, 4) is 5.75 Å². The Labute approximate surface area is 269 Å². The third-order valence-corrected chi connectivity index (χ3v) is 7.79. The van der Waals surface area contributed by atoms with Crippen LogP contribution in [0.2, 0.25) is 0 Å². The highest BCUT2D eigenvalue weighted by molar-refractivity contribution is 5.94. The van der Waals surface area contributed by atoms with Crippen molar-refractivity contribution in [1.29, 1.82) is 0 Å². The molecule has 0 aromatic heterocycles. The first-order valence-corrected chi connectivity index (χ1v) is 14.4. The first-order chi connectivity index (χ1) is 22.4. The highest BCUT2D eigenvalue weighted by Crippen LogP contribution is 2.35. The molecule has 48 heavy (non-hydrogen) atoms. The molecule has 3 aromatic carbocycles. The predicted octanol–water partition coefficient (Wildman–Crippen LogP) is 8.93. The standard InChI is InChI=1S/C34H29F10NO3/c1-32(47-2)11-10-21(13-29(32)37)18-45(30(46)22-8-9-28(36)27(16-22)33(40,41)42)19-24(12-20-6-4-3-5-7-20)23-14-25(35)17-26(15-23)48-34(43,44)31(38)39/h3-11,13-17,24,29,31H,12,18-19H2,1-2H3. The maximum atomic E-state index is 15.1. The Bertz CT molecular complexity index is 1660. The summed E-state index contributed by atoms with van der Waals surface area (Å²) in [7, 11) is 1.28. The number of hydrogen-bond acceptors (Lipinski definition) is 3. The van der Waals surface area contributed by atoms with E-state index < -0.39 is 83.9 Å². The Morgan fingerprint density at radius 3 is 2.27 bits per heavy atom. The van der Waals surface area contributed by atoms with Crippen molar-refractivity contribution in [3.05, 3.63) is 124 Å². The van der Waals surface area contributed by atoms with Crippen molar-refractivity contribution >= 4 is 5.91 Å². The van der Waals surface area contributed by atoms with E-state index in [1.165, 1.54) is 26.2 Å². The fraction of sp³-hybridized carbons (Fsp3) is 0.324. The van der Waals surface area contributed by atoms with Gasteiger partial charge in [0.1, 0.15) is 23.0 Å². The lowest BCUT2D eigenvalue weighted by Crippen LogP contribution is -2.40. The molecule has 258 valence electrons. The van der Waals surface area contributed by atoms with Gasteiger partial charge in [-0.1, -0.05) is 36.4 Å². The van der Waals surface area contributed by atoms with Crippen molar-refractivity contribution in [1.82, 2.24) is 4.90 Å². The number of carbonyl (C=O) groups excluding carboxylic acids is 1. The molecule has 1 amide bonds. The smallest absolute Gasteiger partial charge is 0.428 e. The van der Waals surface area contributed by atoms with Gasteiger partial charge < -0.3 is 14.4 Å². The summed E-state index contributed by atoms with van der Waals surface area (Å²) in [6.07, 6.45) is -12.1. The first kappa shape index (κ1) is 36.5. The third-order valence-electron chi connectivity index (χ3n) is 7.79. The van der Waals surface area contributed by atoms with Gasteiger partial charge in [0.05, 0.1) is 5.56 Å². The van der Waals surface area contributed by atoms with Gasteiger partial charge in [-0.2, -0.15) is 30.7 Å². The molecule has 0 N–H and O–H groups in total. The van der Waals surface area contributed by atoms with Gasteiger partial charge in [0, 0.05) is 37.7 Å². The lowest BCUT2D eigenvalue weighted by atomic mass is 9.89. The third kappa shape index (κ3) is 8.77. The summed E-state index contributed by atoms with van der Waals surface area (Å²) in [6, 6.07) is 12.2. The van der Waals surface area contributed by atoms with Crippen molar-refractivity contribution in [3.63, 3.8) is 0 Å². The molecule has 0 saturated carbocycles. The van der Waals surface area contributed by atoms with Gasteiger partial charge in [-0.3, -0.25) is 4.79 Å². The average Bonchev–Trinajstić information content (AvgIpc) is 3.01. The second-order valence-corrected chi connectivity index (χ2v) is 11.3. The molecule has 0 radical (unpaired) electrons. The second-order valence-electron chi connectivity index (χ2n) is 11.3. The van der Waals surface area contributed by atoms with E-state index in [4.69, 9.17) is 4.74 Å². The zero-order valence-electron chi connectivity index (χ0n) is 25.4. The molecule has 14 heteroatoms. The lowest BCUT2D eigenvalue weighted by molar-refractivity contribution is -0.253. The van der Waals surface area contributed by atoms with E-state index in [1.807, 2.05) is 0 Å². The Morgan fingerprint density at radius 2 is 1.67 bits per heavy atom. The van der Waals surface area contributed by atoms with E-state index in [-0.39, 0.29) is 17.6 Å². The molecule has 0 bridgehead atoms. The summed E-state index contributed by atoms with van der Waals surface area (Å²) in [4.78, 5) is 14.9. The van der Waals surface area contributed by atoms with Gasteiger partial charge in [-0.25, -0.2) is 13.2 Å². The average molecular weight is 690 g/mol. The van der Waals surface area contributed by atoms with Crippen LogP contribution in [0.1, 0.15) is 39.9 Å². The number of ether oxygens (including phenoxy) is 2. The van der Waals surface area contributed by atoms with Crippen LogP contribution < -0.4 is 4.74 Å². The second kappa shape index (κ2) is 14.4. The van der Waals surface area contributed by atoms with Gasteiger partial charge in [0.15, 0.2) is 6.17 Å². The number of amides is 1. The molecular formula is C34H29F10NO3. The van der Waals surface area contributed by atoms with Crippen LogP contribution in [-0.2, 0) is 17.3 Å². The number of benzene rings is 3. The van der Waals surface area contributed by atoms with Crippen LogP contribution in [0.25, 0.3) is 0 Å². The van der Waals surface area contributed by atoms with Crippen molar-refractivity contribution in [2.75, 3.05) is 20.2 Å². The quantitative estimate of drug-likeness (QED) is 0.178. The molecule has 1 aliphatic rings. The van der Waals surface area contributed by atoms with E-state index in [0.717, 1.165) is 29.2 Å². The van der Waals surface area contributed by atoms with Crippen LogP contribution >= 0.6 is 0 Å². The van der Waals surface area contributed by atoms with Gasteiger partial charge >= 0.3 is 18.7 Å². The first-order valence-electron chi connectivity index (χ1n) is 14.4. The monoisotopic (exact) mass is 689 g/mol. The number of halogens is 10. The summed E-state index contributed by atoms with van der Waals surface area (Å²) in [5, 5.41) is 0. The molecule has 0 aliphatic heterocycles. The van der Waals surface area contributed by atoms with E-state index in [2.05, 4.69) is 4.74 Å². The minimum absolute atomic E-state index is 0.0155. The highest BCUT2D eigenvalue weighted by Gasteiger charge is 2.44. The normalized spacial score (nSPS) is 18.9. The number of nitrogens with zero attached hydrogens (tertiary/aromatic N) is 1. The molecule has 3 atom stereocenters. The topological polar surface area (TPSA) is 38.8 Å². The zero-order valence-corrected chi connectivity index (χ0v) is 25.4. The molecular weight excluding hydrogens is 660 g/mol. The summed E-state index contributed by atoms with van der Waals surface area (Å²) < 4.78 is 147. The molecule has 0 spiro atoms. The molecule has 1 aliphatic carbocycles. The molecule has 0 saturated heterocycles. The van der Waals surface area contributed by atoms with Crippen molar-refractivity contribution in [2.24, 2.45) is 0 Å². The Hall–Kier alpha value is -4.33. The Balaban J connectivity index is 1.80. The minimum Gasteiger partial charge on any atom is -0.428 e. The number of alkyl halides is 8. The maximum absolute atomic E-state index is 15.1. The van der Waals surface area contributed by atoms with Gasteiger partial charge in [0.2, 0.25) is 0 Å². The number of carbonyl (C=O) groups is 1. The largest absolute Gasteiger partial charge is 0.461 e. The molecule has 0 fully saturated rings. The fourth-order valence-corrected chi connectivity index (χ4v) is 5.09. The van der Waals surface area contributed by atoms with E-state index in [9.17, 15) is 44.3 Å². The summed E-state index contributed by atoms with van der Waals surface area (Å²) in [6.45, 7) is 0.602. The lowest BCUT2D eigenvalue weighted by Gasteiger charge is -2.33. The Morgan fingerprint density at radius 1 is 0.979 bits per heavy atom. The SMILES string of the molecule is COC1(C)C=CC(CN(CC(Cc2ccccc2)c2cc(F)cc(OC(F)(F)C(F)F)c2)C(=O)c2ccc(F)c(C(F)(F)F)c2)=CC1F. The van der Waals surface area contributed by atoms with Crippen LogP contribution in [0.4, 0.5) is 43.9 Å². The van der Waals surface area contributed by atoms with Crippen LogP contribution in [-0.4, -0.2) is 55.3 Å². The maximum Gasteiger partial charge on any atom is 0.461 e. The van der Waals surface area contributed by atoms with Crippen LogP contribution in [0.3, 0.4) is 0 Å². The molecule has 0 heterocycles. The fourth-order valence-electron chi connectivity index (χ4n) is 5.09. The van der Waals surface area contributed by atoms with E-state index >= 15 is 4.39 Å². The van der Waals surface area contributed by atoms with Gasteiger partial charge in [-0.15, -0.1) is 0 Å². The number of rotatable bonds is 12. The van der Waals surface area contributed by atoms with Gasteiger partial charge in [0.25, 0.3) is 5.91 Å². The van der Waals surface area contributed by atoms with Crippen LogP contribution in [0.15, 0.2) is 90.5 Å². The van der Waals surface area contributed by atoms with Gasteiger partial charge in [-0.05, 0) is 72.5 Å². The molecule has 3 unspecified atom stereocenters. The van der Waals surface area contributed by atoms with Crippen LogP contribution in [0, 0.1) is 11.6 Å². The molecule has 4 nitrogen and oxygen atoms in total. The van der Waals surface area contributed by atoms with Crippen molar-refractivity contribution in [2.45, 2.75) is 49.7 Å². The number of hydrogen-bond donors (Lipinski definition) is 0. The zero-order chi connectivity index (χ0) is 35.4. The van der Waals surface area contributed by atoms with Crippen LogP contribution in [0.5, 0.6) is 5.75 Å². The minimum atomic E-state index is -5.15. The molecule has 3 aromatic rings. The molecule has 4 rings (SSSR count). The van der Waals surface area contributed by atoms with E-state index in [1.54, 1.807) is 30.3 Å².